The number of nitrogens with zero attached hydrogens (tertiary/aromatic N) is 1. The molecule has 1 aromatic rings. The van der Waals surface area contributed by atoms with E-state index in [2.05, 4.69) is 32.9 Å². The standard InChI is InChI=1S/C17H26N2OS/c1-4-9-19(12-17(2,3)11-18)16(20)15-10-13-7-5-6-8-14(13)21-15/h5-8,15H,4,9-12,18H2,1-3H3. The Labute approximate surface area is 132 Å². The first-order valence-corrected chi connectivity index (χ1v) is 8.58. The van der Waals surface area contributed by atoms with E-state index >= 15 is 0 Å². The Hall–Kier alpha value is -1.00. The number of carbonyl (C=O) groups is 1. The summed E-state index contributed by atoms with van der Waals surface area (Å²) in [6.07, 6.45) is 1.83. The van der Waals surface area contributed by atoms with Crippen molar-refractivity contribution in [1.82, 2.24) is 4.90 Å². The van der Waals surface area contributed by atoms with Crippen molar-refractivity contribution in [1.29, 1.82) is 0 Å². The zero-order chi connectivity index (χ0) is 15.5. The lowest BCUT2D eigenvalue weighted by molar-refractivity contribution is -0.131. The summed E-state index contributed by atoms with van der Waals surface area (Å²) in [4.78, 5) is 16.1. The molecule has 1 amide bonds. The number of hydrogen-bond donors (Lipinski definition) is 1. The summed E-state index contributed by atoms with van der Waals surface area (Å²) in [5.41, 5.74) is 7.10. The van der Waals surface area contributed by atoms with Crippen LogP contribution in [0.15, 0.2) is 29.2 Å². The van der Waals surface area contributed by atoms with Crippen LogP contribution in [0, 0.1) is 5.41 Å². The largest absolute Gasteiger partial charge is 0.341 e. The smallest absolute Gasteiger partial charge is 0.236 e. The minimum Gasteiger partial charge on any atom is -0.341 e. The number of benzene rings is 1. The minimum atomic E-state index is -0.0268. The van der Waals surface area contributed by atoms with Crippen LogP contribution in [-0.2, 0) is 11.2 Å². The lowest BCUT2D eigenvalue weighted by Crippen LogP contribution is -2.45. The minimum absolute atomic E-state index is 0.0268. The lowest BCUT2D eigenvalue weighted by Gasteiger charge is -2.33. The Balaban J connectivity index is 2.06. The highest BCUT2D eigenvalue weighted by molar-refractivity contribution is 8.01. The van der Waals surface area contributed by atoms with Crippen LogP contribution in [0.1, 0.15) is 32.8 Å². The number of amides is 1. The number of nitrogens with two attached hydrogens (primary N) is 1. The van der Waals surface area contributed by atoms with Gasteiger partial charge in [0.1, 0.15) is 0 Å². The summed E-state index contributed by atoms with van der Waals surface area (Å²) in [5, 5.41) is 0.0301. The molecule has 1 unspecified atom stereocenters. The van der Waals surface area contributed by atoms with Crippen LogP contribution in [0.25, 0.3) is 0 Å². The molecule has 1 aliphatic heterocycles. The van der Waals surface area contributed by atoms with Gasteiger partial charge in [0.25, 0.3) is 0 Å². The van der Waals surface area contributed by atoms with E-state index in [0.29, 0.717) is 6.54 Å². The number of rotatable bonds is 6. The third-order valence-corrected chi connectivity index (χ3v) is 5.20. The first-order chi connectivity index (χ1) is 9.96. The van der Waals surface area contributed by atoms with Crippen LogP contribution in [-0.4, -0.2) is 35.7 Å². The molecule has 0 aliphatic carbocycles. The third kappa shape index (κ3) is 4.01. The second kappa shape index (κ2) is 6.84. The molecule has 116 valence electrons. The van der Waals surface area contributed by atoms with Gasteiger partial charge in [-0.25, -0.2) is 0 Å². The van der Waals surface area contributed by atoms with Crippen LogP contribution in [0.2, 0.25) is 0 Å². The van der Waals surface area contributed by atoms with Crippen LogP contribution in [0.3, 0.4) is 0 Å². The molecular formula is C17H26N2OS. The van der Waals surface area contributed by atoms with Crippen molar-refractivity contribution in [3.8, 4) is 0 Å². The molecule has 2 rings (SSSR count). The Morgan fingerprint density at radius 3 is 2.76 bits per heavy atom. The van der Waals surface area contributed by atoms with Gasteiger partial charge in [0.05, 0.1) is 5.25 Å². The van der Waals surface area contributed by atoms with Crippen molar-refractivity contribution in [3.63, 3.8) is 0 Å². The monoisotopic (exact) mass is 306 g/mol. The molecule has 21 heavy (non-hydrogen) atoms. The highest BCUT2D eigenvalue weighted by Gasteiger charge is 2.33. The van der Waals surface area contributed by atoms with Gasteiger partial charge in [-0.05, 0) is 36.4 Å². The number of hydrogen-bond acceptors (Lipinski definition) is 3. The zero-order valence-corrected chi connectivity index (χ0v) is 14.1. The van der Waals surface area contributed by atoms with E-state index in [-0.39, 0.29) is 16.6 Å². The molecule has 1 aromatic carbocycles. The van der Waals surface area contributed by atoms with Crippen molar-refractivity contribution in [2.24, 2.45) is 11.1 Å². The van der Waals surface area contributed by atoms with Crippen LogP contribution in [0.5, 0.6) is 0 Å². The van der Waals surface area contributed by atoms with Gasteiger partial charge in [0, 0.05) is 18.0 Å². The highest BCUT2D eigenvalue weighted by Crippen LogP contribution is 2.37. The molecular weight excluding hydrogens is 280 g/mol. The van der Waals surface area contributed by atoms with E-state index < -0.39 is 0 Å². The maximum Gasteiger partial charge on any atom is 0.236 e. The Bertz CT molecular complexity index is 476. The quantitative estimate of drug-likeness (QED) is 0.879. The molecule has 0 saturated heterocycles. The van der Waals surface area contributed by atoms with Crippen LogP contribution < -0.4 is 5.73 Å². The second-order valence-electron chi connectivity index (χ2n) is 6.55. The maximum atomic E-state index is 12.9. The van der Waals surface area contributed by atoms with Crippen molar-refractivity contribution < 1.29 is 4.79 Å². The summed E-state index contributed by atoms with van der Waals surface area (Å²) >= 11 is 1.71. The fraction of sp³-hybridized carbons (Fsp3) is 0.588. The predicted molar refractivity (Wildman–Crippen MR) is 89.5 cm³/mol. The molecule has 0 bridgehead atoms. The summed E-state index contributed by atoms with van der Waals surface area (Å²) in [6.45, 7) is 8.52. The van der Waals surface area contributed by atoms with Crippen molar-refractivity contribution >= 4 is 17.7 Å². The molecule has 3 nitrogen and oxygen atoms in total. The normalized spacial score (nSPS) is 17.6. The van der Waals surface area contributed by atoms with E-state index in [1.165, 1.54) is 10.5 Å². The number of fused-ring (bicyclic) bond motifs is 1. The van der Waals surface area contributed by atoms with E-state index in [0.717, 1.165) is 25.9 Å². The fourth-order valence-electron chi connectivity index (χ4n) is 2.64. The Kier molecular flexibility index (Phi) is 5.33. The van der Waals surface area contributed by atoms with Gasteiger partial charge >= 0.3 is 0 Å². The zero-order valence-electron chi connectivity index (χ0n) is 13.3. The average molecular weight is 306 g/mol. The average Bonchev–Trinajstić information content (AvgIpc) is 2.89. The topological polar surface area (TPSA) is 46.3 Å². The summed E-state index contributed by atoms with van der Waals surface area (Å²) in [7, 11) is 0. The molecule has 0 radical (unpaired) electrons. The first-order valence-electron chi connectivity index (χ1n) is 7.70. The van der Waals surface area contributed by atoms with Crippen LogP contribution in [0.4, 0.5) is 0 Å². The van der Waals surface area contributed by atoms with E-state index in [1.54, 1.807) is 11.8 Å². The summed E-state index contributed by atoms with van der Waals surface area (Å²) in [5.74, 6) is 0.263. The molecule has 0 saturated carbocycles. The molecule has 1 aliphatic rings. The highest BCUT2D eigenvalue weighted by atomic mass is 32.2. The van der Waals surface area contributed by atoms with Crippen molar-refractivity contribution in [2.45, 2.75) is 43.8 Å². The number of thioether (sulfide) groups is 1. The summed E-state index contributed by atoms with van der Waals surface area (Å²) in [6, 6.07) is 8.33. The Morgan fingerprint density at radius 1 is 1.43 bits per heavy atom. The van der Waals surface area contributed by atoms with Gasteiger partial charge in [-0.1, -0.05) is 39.0 Å². The van der Waals surface area contributed by atoms with E-state index in [9.17, 15) is 4.79 Å². The van der Waals surface area contributed by atoms with Crippen molar-refractivity contribution in [2.75, 3.05) is 19.6 Å². The molecule has 1 atom stereocenters. The van der Waals surface area contributed by atoms with Crippen molar-refractivity contribution in [3.05, 3.63) is 29.8 Å². The predicted octanol–water partition coefficient (Wildman–Crippen LogP) is 2.93. The number of carbonyl (C=O) groups excluding carboxylic acids is 1. The molecule has 4 heteroatoms. The molecule has 1 heterocycles. The van der Waals surface area contributed by atoms with Crippen LogP contribution >= 0.6 is 11.8 Å². The third-order valence-electron chi connectivity index (χ3n) is 3.90. The molecule has 2 N–H and O–H groups in total. The Morgan fingerprint density at radius 2 is 2.14 bits per heavy atom. The first kappa shape index (κ1) is 16.4. The van der Waals surface area contributed by atoms with Gasteiger partial charge in [0.2, 0.25) is 5.91 Å². The van der Waals surface area contributed by atoms with E-state index in [4.69, 9.17) is 5.73 Å². The van der Waals surface area contributed by atoms with E-state index in [1.807, 2.05) is 17.0 Å². The maximum absolute atomic E-state index is 12.9. The molecule has 0 aromatic heterocycles. The molecule has 0 fully saturated rings. The second-order valence-corrected chi connectivity index (χ2v) is 7.79. The summed E-state index contributed by atoms with van der Waals surface area (Å²) < 4.78 is 0. The lowest BCUT2D eigenvalue weighted by atomic mass is 9.92. The SMILES string of the molecule is CCCN(CC(C)(C)CN)C(=O)C1Cc2ccccc2S1. The van der Waals surface area contributed by atoms with Gasteiger partial charge in [-0.3, -0.25) is 4.79 Å². The van der Waals surface area contributed by atoms with Gasteiger partial charge in [0.15, 0.2) is 0 Å². The fourth-order valence-corrected chi connectivity index (χ4v) is 3.92. The van der Waals surface area contributed by atoms with Gasteiger partial charge < -0.3 is 10.6 Å². The van der Waals surface area contributed by atoms with Gasteiger partial charge in [-0.2, -0.15) is 0 Å². The van der Waals surface area contributed by atoms with Gasteiger partial charge in [-0.15, -0.1) is 11.8 Å². The molecule has 0 spiro atoms.